The highest BCUT2D eigenvalue weighted by Gasteiger charge is 2.38. The number of carbonyl (C=O) groups is 3. The Morgan fingerprint density at radius 1 is 1.38 bits per heavy atom. The van der Waals surface area contributed by atoms with Crippen LogP contribution in [0, 0.1) is 17.2 Å². The second-order valence-corrected chi connectivity index (χ2v) is 5.89. The minimum absolute atomic E-state index is 0.138. The zero-order valence-corrected chi connectivity index (χ0v) is 14.1. The average molecular weight is 369 g/mol. The zero-order valence-electron chi connectivity index (χ0n) is 13.3. The second kappa shape index (κ2) is 7.16. The van der Waals surface area contributed by atoms with Crippen LogP contribution in [0.4, 0.5) is 5.69 Å². The normalized spacial score (nSPS) is 16.5. The molecule has 1 aromatic heterocycles. The Bertz CT molecular complexity index is 962. The highest BCUT2D eigenvalue weighted by molar-refractivity contribution is 8.13. The first kappa shape index (κ1) is 17.3. The average Bonchev–Trinajstić information content (AvgIpc) is 3.16. The maximum atomic E-state index is 12.4. The molecule has 0 saturated carbocycles. The quantitative estimate of drug-likeness (QED) is 0.656. The fraction of sp³-hybridized carbons (Fsp3) is 0.133. The summed E-state index contributed by atoms with van der Waals surface area (Å²) in [6.07, 6.45) is 3.13. The van der Waals surface area contributed by atoms with Crippen molar-refractivity contribution in [2.45, 2.75) is 0 Å². The number of aromatic amines is 1. The lowest BCUT2D eigenvalue weighted by Gasteiger charge is -2.18. The molecule has 2 heterocycles. The molecule has 0 saturated heterocycles. The van der Waals surface area contributed by atoms with Gasteiger partial charge in [-0.3, -0.25) is 14.4 Å². The molecular weight excluding hydrogens is 358 g/mol. The van der Waals surface area contributed by atoms with Crippen molar-refractivity contribution in [2.75, 3.05) is 11.6 Å². The Balaban J connectivity index is 1.84. The van der Waals surface area contributed by atoms with Crippen molar-refractivity contribution in [3.05, 3.63) is 30.0 Å². The minimum atomic E-state index is -1.60. The Morgan fingerprint density at radius 3 is 2.81 bits per heavy atom. The van der Waals surface area contributed by atoms with Crippen LogP contribution in [0.2, 0.25) is 0 Å². The van der Waals surface area contributed by atoms with E-state index in [9.17, 15) is 19.6 Å². The topological polar surface area (TPSA) is 153 Å². The molecule has 0 fully saturated rings. The van der Waals surface area contributed by atoms with Crippen LogP contribution in [0.5, 0.6) is 0 Å². The van der Waals surface area contributed by atoms with Crippen molar-refractivity contribution in [1.82, 2.24) is 20.7 Å². The molecule has 1 aromatic carbocycles. The third kappa shape index (κ3) is 3.31. The van der Waals surface area contributed by atoms with Crippen LogP contribution in [0.3, 0.4) is 0 Å². The number of amidine groups is 1. The predicted molar refractivity (Wildman–Crippen MR) is 92.8 cm³/mol. The summed E-state index contributed by atoms with van der Waals surface area (Å²) in [5.74, 6) is -4.08. The molecule has 1 aliphatic rings. The van der Waals surface area contributed by atoms with Gasteiger partial charge in [0.05, 0.1) is 17.4 Å². The Hall–Kier alpha value is -3.52. The molecule has 0 radical (unpaired) electrons. The molecule has 0 bridgehead atoms. The summed E-state index contributed by atoms with van der Waals surface area (Å²) in [6.45, 7) is 0. The van der Waals surface area contributed by atoms with Crippen LogP contribution in [0.15, 0.2) is 29.4 Å². The molecule has 1 unspecified atom stereocenters. The molecule has 0 spiro atoms. The van der Waals surface area contributed by atoms with E-state index < -0.39 is 23.6 Å². The number of nitrogens with one attached hydrogen (secondary N) is 3. The first-order valence-electron chi connectivity index (χ1n) is 7.22. The Morgan fingerprint density at radius 2 is 2.19 bits per heavy atom. The lowest BCUT2D eigenvalue weighted by atomic mass is 10.0. The van der Waals surface area contributed by atoms with E-state index in [4.69, 9.17) is 0 Å². The molecule has 3 amide bonds. The number of nitrogens with zero attached hydrogens (tertiary/aromatic N) is 4. The van der Waals surface area contributed by atoms with Gasteiger partial charge in [0.15, 0.2) is 11.1 Å². The van der Waals surface area contributed by atoms with E-state index in [-0.39, 0.29) is 16.4 Å². The van der Waals surface area contributed by atoms with E-state index >= 15 is 0 Å². The van der Waals surface area contributed by atoms with Crippen LogP contribution < -0.4 is 10.6 Å². The van der Waals surface area contributed by atoms with Crippen molar-refractivity contribution in [3.8, 4) is 17.3 Å². The molecule has 1 aliphatic heterocycles. The van der Waals surface area contributed by atoms with E-state index in [1.54, 1.807) is 12.3 Å². The summed E-state index contributed by atoms with van der Waals surface area (Å²) in [6, 6.07) is 6.58. The SMILES string of the molecule is CSC1=NC(=O)C(C(=O)Nc2ccc(-c3cn[nH]n3)cc2C#N)C(=O)N1. The number of hydrogen-bond acceptors (Lipinski definition) is 7. The first-order valence-corrected chi connectivity index (χ1v) is 8.44. The third-order valence-corrected chi connectivity index (χ3v) is 4.10. The van der Waals surface area contributed by atoms with Gasteiger partial charge in [-0.1, -0.05) is 17.8 Å². The molecule has 1 atom stereocenters. The highest BCUT2D eigenvalue weighted by Crippen LogP contribution is 2.24. The smallest absolute Gasteiger partial charge is 0.270 e. The van der Waals surface area contributed by atoms with Crippen molar-refractivity contribution in [3.63, 3.8) is 0 Å². The number of H-pyrrole nitrogens is 1. The van der Waals surface area contributed by atoms with Crippen LogP contribution in [-0.2, 0) is 14.4 Å². The van der Waals surface area contributed by atoms with Gasteiger partial charge in [0.2, 0.25) is 11.8 Å². The number of thioether (sulfide) groups is 1. The molecule has 0 aliphatic carbocycles. The summed E-state index contributed by atoms with van der Waals surface area (Å²) < 4.78 is 0. The highest BCUT2D eigenvalue weighted by atomic mass is 32.2. The molecule has 26 heavy (non-hydrogen) atoms. The lowest BCUT2D eigenvalue weighted by molar-refractivity contribution is -0.139. The number of nitriles is 1. The number of carbonyl (C=O) groups excluding carboxylic acids is 3. The van der Waals surface area contributed by atoms with Gasteiger partial charge in [0.1, 0.15) is 11.8 Å². The first-order chi connectivity index (χ1) is 12.5. The van der Waals surface area contributed by atoms with Crippen molar-refractivity contribution < 1.29 is 14.4 Å². The number of benzene rings is 1. The number of hydrogen-bond donors (Lipinski definition) is 3. The standard InChI is InChI=1S/C15H11N7O3S/c1-26-15-19-13(24)11(14(25)20-15)12(23)18-9-3-2-7(4-8(9)5-16)10-6-17-22-21-10/h2-4,6,11H,1H3,(H,18,23)(H,17,21,22)(H,19,20,24,25). The Kier molecular flexibility index (Phi) is 4.76. The van der Waals surface area contributed by atoms with Crippen molar-refractivity contribution in [2.24, 2.45) is 10.9 Å². The molecule has 3 rings (SSSR count). The lowest BCUT2D eigenvalue weighted by Crippen LogP contribution is -2.48. The molecule has 2 aromatic rings. The molecule has 11 heteroatoms. The van der Waals surface area contributed by atoms with Crippen LogP contribution >= 0.6 is 11.8 Å². The number of aliphatic imine (C=N–C) groups is 1. The number of rotatable bonds is 3. The van der Waals surface area contributed by atoms with Crippen LogP contribution in [0.25, 0.3) is 11.3 Å². The minimum Gasteiger partial charge on any atom is -0.324 e. The largest absolute Gasteiger partial charge is 0.324 e. The van der Waals surface area contributed by atoms with E-state index in [1.807, 2.05) is 6.07 Å². The molecule has 130 valence electrons. The van der Waals surface area contributed by atoms with Crippen molar-refractivity contribution >= 4 is 40.3 Å². The van der Waals surface area contributed by atoms with Gasteiger partial charge >= 0.3 is 0 Å². The summed E-state index contributed by atoms with van der Waals surface area (Å²) in [4.78, 5) is 40.0. The molecular formula is C15H11N7O3S. The van der Waals surface area contributed by atoms with Crippen molar-refractivity contribution in [1.29, 1.82) is 5.26 Å². The van der Waals surface area contributed by atoms with Gasteiger partial charge in [0, 0.05) is 5.56 Å². The van der Waals surface area contributed by atoms with E-state index in [0.717, 1.165) is 11.8 Å². The summed E-state index contributed by atoms with van der Waals surface area (Å²) in [5, 5.41) is 24.3. The van der Waals surface area contributed by atoms with E-state index in [2.05, 4.69) is 31.0 Å². The van der Waals surface area contributed by atoms with Gasteiger partial charge in [-0.25, -0.2) is 0 Å². The summed E-state index contributed by atoms with van der Waals surface area (Å²) in [7, 11) is 0. The van der Waals surface area contributed by atoms with Gasteiger partial charge in [-0.2, -0.15) is 25.7 Å². The monoisotopic (exact) mass is 369 g/mol. The summed E-state index contributed by atoms with van der Waals surface area (Å²) >= 11 is 1.09. The fourth-order valence-corrected chi connectivity index (χ4v) is 2.64. The van der Waals surface area contributed by atoms with Gasteiger partial charge in [0.25, 0.3) is 5.91 Å². The van der Waals surface area contributed by atoms with Gasteiger partial charge in [-0.15, -0.1) is 0 Å². The van der Waals surface area contributed by atoms with Gasteiger partial charge < -0.3 is 10.6 Å². The number of amides is 3. The molecule has 10 nitrogen and oxygen atoms in total. The number of aromatic nitrogens is 3. The Labute approximate surface area is 151 Å². The van der Waals surface area contributed by atoms with Crippen LogP contribution in [0.1, 0.15) is 5.56 Å². The third-order valence-electron chi connectivity index (χ3n) is 3.52. The van der Waals surface area contributed by atoms with E-state index in [1.165, 1.54) is 18.3 Å². The number of anilines is 1. The zero-order chi connectivity index (χ0) is 18.7. The second-order valence-electron chi connectivity index (χ2n) is 5.10. The van der Waals surface area contributed by atoms with Crippen LogP contribution in [-0.4, -0.2) is 44.6 Å². The van der Waals surface area contributed by atoms with E-state index in [0.29, 0.717) is 11.3 Å². The fourth-order valence-electron chi connectivity index (χ4n) is 2.26. The van der Waals surface area contributed by atoms with Gasteiger partial charge in [-0.05, 0) is 18.4 Å². The maximum absolute atomic E-state index is 12.4. The summed E-state index contributed by atoms with van der Waals surface area (Å²) in [5.41, 5.74) is 1.47. The predicted octanol–water partition coefficient (Wildman–Crippen LogP) is 0.273. The molecule has 3 N–H and O–H groups in total. The maximum Gasteiger partial charge on any atom is 0.270 e.